The van der Waals surface area contributed by atoms with Gasteiger partial charge in [-0.2, -0.15) is 0 Å². The highest BCUT2D eigenvalue weighted by Gasteiger charge is 2.35. The van der Waals surface area contributed by atoms with Crippen LogP contribution in [0.3, 0.4) is 0 Å². The molecule has 0 unspecified atom stereocenters. The Labute approximate surface area is 225 Å². The van der Waals surface area contributed by atoms with Crippen molar-refractivity contribution in [2.24, 2.45) is 0 Å². The van der Waals surface area contributed by atoms with Gasteiger partial charge in [-0.3, -0.25) is 14.5 Å². The molecule has 1 saturated carbocycles. The van der Waals surface area contributed by atoms with E-state index >= 15 is 0 Å². The van der Waals surface area contributed by atoms with Crippen molar-refractivity contribution in [2.75, 3.05) is 12.0 Å². The molecule has 2 aromatic carbocycles. The second kappa shape index (κ2) is 11.6. The number of nitrogens with one attached hydrogen (secondary N) is 2. The van der Waals surface area contributed by atoms with Crippen LogP contribution in [0.5, 0.6) is 0 Å². The molecule has 196 valence electrons. The number of hydrogen-bond acceptors (Lipinski definition) is 5. The summed E-state index contributed by atoms with van der Waals surface area (Å²) in [5.74, 6) is -0.862. The number of amides is 2. The molecule has 1 aliphatic rings. The van der Waals surface area contributed by atoms with Crippen LogP contribution < -0.4 is 10.2 Å². The number of hydrogen-bond donors (Lipinski definition) is 2. The van der Waals surface area contributed by atoms with Gasteiger partial charge in [-0.1, -0.05) is 43.5 Å². The molecular weight excluding hydrogens is 498 g/mol. The van der Waals surface area contributed by atoms with Crippen LogP contribution in [-0.2, 0) is 20.7 Å². The van der Waals surface area contributed by atoms with Gasteiger partial charge in [0, 0.05) is 33.7 Å². The third kappa shape index (κ3) is 5.50. The summed E-state index contributed by atoms with van der Waals surface area (Å²) in [6, 6.07) is 17.5. The molecule has 0 bridgehead atoms. The van der Waals surface area contributed by atoms with Gasteiger partial charge in [0.25, 0.3) is 0 Å². The van der Waals surface area contributed by atoms with Crippen molar-refractivity contribution in [2.45, 2.75) is 50.6 Å². The van der Waals surface area contributed by atoms with Crippen LogP contribution in [0.2, 0.25) is 0 Å². The molecule has 2 amide bonds. The van der Waals surface area contributed by atoms with E-state index < -0.39 is 12.0 Å². The van der Waals surface area contributed by atoms with E-state index in [1.807, 2.05) is 48.0 Å². The molecule has 0 spiro atoms. The van der Waals surface area contributed by atoms with Gasteiger partial charge >= 0.3 is 5.97 Å². The lowest BCUT2D eigenvalue weighted by Gasteiger charge is -2.33. The minimum Gasteiger partial charge on any atom is -0.465 e. The van der Waals surface area contributed by atoms with Crippen molar-refractivity contribution in [1.29, 1.82) is 0 Å². The van der Waals surface area contributed by atoms with Crippen LogP contribution in [0.1, 0.15) is 58.9 Å². The molecule has 8 heteroatoms. The van der Waals surface area contributed by atoms with Crippen molar-refractivity contribution in [1.82, 2.24) is 10.3 Å². The fraction of sp³-hybridized carbons (Fsp3) is 0.300. The van der Waals surface area contributed by atoms with Crippen molar-refractivity contribution in [3.05, 3.63) is 88.2 Å². The number of fused-ring (bicyclic) bond motifs is 1. The molecule has 0 radical (unpaired) electrons. The number of carbonyl (C=O) groups is 3. The highest BCUT2D eigenvalue weighted by molar-refractivity contribution is 7.10. The number of nitrogens with zero attached hydrogens (tertiary/aromatic N) is 1. The van der Waals surface area contributed by atoms with Gasteiger partial charge in [0.1, 0.15) is 6.04 Å². The van der Waals surface area contributed by atoms with E-state index in [1.165, 1.54) is 24.9 Å². The van der Waals surface area contributed by atoms with Crippen molar-refractivity contribution >= 4 is 45.7 Å². The molecule has 38 heavy (non-hydrogen) atoms. The molecule has 0 saturated heterocycles. The Morgan fingerprint density at radius 1 is 1.03 bits per heavy atom. The molecule has 5 rings (SSSR count). The number of ether oxygens (including phenoxy) is 1. The van der Waals surface area contributed by atoms with Crippen molar-refractivity contribution < 1.29 is 19.1 Å². The summed E-state index contributed by atoms with van der Waals surface area (Å²) in [7, 11) is 1.33. The topological polar surface area (TPSA) is 91.5 Å². The fourth-order valence-electron chi connectivity index (χ4n) is 5.19. The maximum Gasteiger partial charge on any atom is 0.337 e. The number of anilines is 1. The van der Waals surface area contributed by atoms with E-state index in [2.05, 4.69) is 10.3 Å². The maximum absolute atomic E-state index is 14.1. The minimum absolute atomic E-state index is 0.103. The Morgan fingerprint density at radius 2 is 1.79 bits per heavy atom. The molecule has 2 aromatic heterocycles. The van der Waals surface area contributed by atoms with Gasteiger partial charge < -0.3 is 15.0 Å². The third-order valence-electron chi connectivity index (χ3n) is 7.12. The summed E-state index contributed by atoms with van der Waals surface area (Å²) >= 11 is 1.45. The predicted molar refractivity (Wildman–Crippen MR) is 149 cm³/mol. The summed E-state index contributed by atoms with van der Waals surface area (Å²) in [6.07, 6.45) is 7.22. The monoisotopic (exact) mass is 529 g/mol. The van der Waals surface area contributed by atoms with Gasteiger partial charge in [0.2, 0.25) is 11.8 Å². The summed E-state index contributed by atoms with van der Waals surface area (Å²) in [5.41, 5.74) is 2.73. The summed E-state index contributed by atoms with van der Waals surface area (Å²) in [5, 5.41) is 6.12. The fourth-order valence-corrected chi connectivity index (χ4v) is 6.00. The lowest BCUT2D eigenvalue weighted by atomic mass is 9.95. The van der Waals surface area contributed by atoms with E-state index in [0.717, 1.165) is 47.0 Å². The molecule has 1 aliphatic carbocycles. The number of rotatable bonds is 8. The van der Waals surface area contributed by atoms with Gasteiger partial charge in [-0.25, -0.2) is 4.79 Å². The number of esters is 1. The van der Waals surface area contributed by atoms with E-state index in [-0.39, 0.29) is 24.3 Å². The standard InChI is InChI=1S/C30H31N3O4S/c1-37-30(36)20-13-15-23(16-14-20)33(27(34)18-21-19-31-25-11-6-5-10-24(21)25)28(26-12-7-17-38-26)29(35)32-22-8-3-2-4-9-22/h5-7,10-17,19,22,28,31H,2-4,8-9,18H2,1H3,(H,32,35)/t28-/m0/s1. The molecular formula is C30H31N3O4S. The number of aromatic nitrogens is 1. The smallest absolute Gasteiger partial charge is 0.337 e. The van der Waals surface area contributed by atoms with Crippen LogP contribution in [0.25, 0.3) is 10.9 Å². The van der Waals surface area contributed by atoms with Crippen LogP contribution in [-0.4, -0.2) is 35.9 Å². The normalized spacial score (nSPS) is 14.7. The lowest BCUT2D eigenvalue weighted by Crippen LogP contribution is -2.47. The zero-order valence-corrected chi connectivity index (χ0v) is 22.1. The number of methoxy groups -OCH3 is 1. The van der Waals surface area contributed by atoms with Crippen molar-refractivity contribution in [3.8, 4) is 0 Å². The van der Waals surface area contributed by atoms with E-state index in [9.17, 15) is 14.4 Å². The van der Waals surface area contributed by atoms with Crippen LogP contribution in [0.15, 0.2) is 72.2 Å². The zero-order valence-electron chi connectivity index (χ0n) is 21.3. The molecule has 4 aromatic rings. The first-order valence-electron chi connectivity index (χ1n) is 12.9. The van der Waals surface area contributed by atoms with Gasteiger partial charge in [-0.15, -0.1) is 11.3 Å². The Balaban J connectivity index is 1.53. The first kappa shape index (κ1) is 25.7. The quantitative estimate of drug-likeness (QED) is 0.283. The summed E-state index contributed by atoms with van der Waals surface area (Å²) in [4.78, 5) is 45.6. The van der Waals surface area contributed by atoms with Crippen LogP contribution in [0.4, 0.5) is 5.69 Å². The number of thiophene rings is 1. The minimum atomic E-state index is -0.835. The average molecular weight is 530 g/mol. The second-order valence-corrected chi connectivity index (χ2v) is 10.6. The Bertz CT molecular complexity index is 1410. The van der Waals surface area contributed by atoms with Crippen LogP contribution in [0, 0.1) is 0 Å². The molecule has 0 aliphatic heterocycles. The maximum atomic E-state index is 14.1. The SMILES string of the molecule is COC(=O)c1ccc(N(C(=O)Cc2c[nH]c3ccccc23)[C@H](C(=O)NC2CCCCC2)c2cccs2)cc1. The molecule has 1 atom stereocenters. The highest BCUT2D eigenvalue weighted by atomic mass is 32.1. The highest BCUT2D eigenvalue weighted by Crippen LogP contribution is 2.33. The first-order valence-corrected chi connectivity index (χ1v) is 13.8. The van der Waals surface area contributed by atoms with E-state index in [1.54, 1.807) is 29.2 Å². The van der Waals surface area contributed by atoms with E-state index in [0.29, 0.717) is 11.3 Å². The number of carbonyl (C=O) groups excluding carboxylic acids is 3. The first-order chi connectivity index (χ1) is 18.5. The number of para-hydroxylation sites is 1. The summed E-state index contributed by atoms with van der Waals surface area (Å²) < 4.78 is 4.84. The molecule has 2 heterocycles. The third-order valence-corrected chi connectivity index (χ3v) is 8.05. The van der Waals surface area contributed by atoms with E-state index in [4.69, 9.17) is 4.74 Å². The predicted octanol–water partition coefficient (Wildman–Crippen LogP) is 5.78. The largest absolute Gasteiger partial charge is 0.465 e. The van der Waals surface area contributed by atoms with Crippen molar-refractivity contribution in [3.63, 3.8) is 0 Å². The Morgan fingerprint density at radius 3 is 2.50 bits per heavy atom. The number of aromatic amines is 1. The molecule has 2 N–H and O–H groups in total. The Kier molecular flexibility index (Phi) is 7.89. The van der Waals surface area contributed by atoms with Gasteiger partial charge in [0.15, 0.2) is 0 Å². The summed E-state index contributed by atoms with van der Waals surface area (Å²) in [6.45, 7) is 0. The number of benzene rings is 2. The number of H-pyrrole nitrogens is 1. The molecule has 1 fully saturated rings. The van der Waals surface area contributed by atoms with Crippen LogP contribution >= 0.6 is 11.3 Å². The van der Waals surface area contributed by atoms with Gasteiger partial charge in [0.05, 0.1) is 19.1 Å². The average Bonchev–Trinajstić information content (AvgIpc) is 3.62. The lowest BCUT2D eigenvalue weighted by molar-refractivity contribution is -0.127. The van der Waals surface area contributed by atoms with Gasteiger partial charge in [-0.05, 0) is 60.2 Å². The Hall–Kier alpha value is -3.91. The zero-order chi connectivity index (χ0) is 26.5. The second-order valence-electron chi connectivity index (χ2n) is 9.60. The molecule has 7 nitrogen and oxygen atoms in total.